The number of pyridine rings is 1. The van der Waals surface area contributed by atoms with Crippen LogP contribution in [-0.4, -0.2) is 22.0 Å². The summed E-state index contributed by atoms with van der Waals surface area (Å²) in [5, 5.41) is 12.3. The molecule has 0 saturated heterocycles. The van der Waals surface area contributed by atoms with Crippen LogP contribution in [-0.2, 0) is 0 Å². The first-order chi connectivity index (χ1) is 8.75. The van der Waals surface area contributed by atoms with Gasteiger partial charge in [0.25, 0.3) is 5.91 Å². The molecule has 98 valence electrons. The number of hydrogen-bond acceptors (Lipinski definition) is 3. The molecule has 1 aromatic rings. The van der Waals surface area contributed by atoms with E-state index in [0.717, 1.165) is 12.8 Å². The zero-order valence-electron chi connectivity index (χ0n) is 10.6. The summed E-state index contributed by atoms with van der Waals surface area (Å²) in [5.41, 5.74) is 0.428. The third-order valence-electron chi connectivity index (χ3n) is 3.43. The highest BCUT2D eigenvalue weighted by Crippen LogP contribution is 2.17. The number of rotatable bonds is 2. The summed E-state index contributed by atoms with van der Waals surface area (Å²) in [5.74, 6) is -0.107. The van der Waals surface area contributed by atoms with Crippen LogP contribution in [0.3, 0.4) is 0 Å². The van der Waals surface area contributed by atoms with Gasteiger partial charge in [0.15, 0.2) is 0 Å². The lowest BCUT2D eigenvalue weighted by molar-refractivity contribution is 0.0929. The van der Waals surface area contributed by atoms with Crippen LogP contribution in [0.2, 0.25) is 0 Å². The molecule has 0 unspecified atom stereocenters. The van der Waals surface area contributed by atoms with Gasteiger partial charge in [-0.05, 0) is 18.9 Å². The van der Waals surface area contributed by atoms with E-state index in [4.69, 9.17) is 0 Å². The topological polar surface area (TPSA) is 62.2 Å². The molecule has 0 aromatic carbocycles. The summed E-state index contributed by atoms with van der Waals surface area (Å²) in [7, 11) is 0. The second-order valence-electron chi connectivity index (χ2n) is 4.95. The van der Waals surface area contributed by atoms with Gasteiger partial charge in [0.2, 0.25) is 0 Å². The second-order valence-corrected chi connectivity index (χ2v) is 4.95. The van der Waals surface area contributed by atoms with Crippen LogP contribution in [0.4, 0.5) is 0 Å². The lowest BCUT2D eigenvalue weighted by atomic mass is 9.96. The molecular formula is C14H20N2O2. The fraction of sp³-hybridized carbons (Fsp3) is 0.571. The van der Waals surface area contributed by atoms with E-state index in [1.165, 1.54) is 50.6 Å². The maximum atomic E-state index is 12.0. The molecule has 2 N–H and O–H groups in total. The lowest BCUT2D eigenvalue weighted by Gasteiger charge is -2.20. The zero-order valence-corrected chi connectivity index (χ0v) is 10.6. The molecule has 1 amide bonds. The van der Waals surface area contributed by atoms with Gasteiger partial charge in [-0.25, -0.2) is 0 Å². The van der Waals surface area contributed by atoms with Crippen molar-refractivity contribution in [3.8, 4) is 5.75 Å². The molecule has 18 heavy (non-hydrogen) atoms. The highest BCUT2D eigenvalue weighted by atomic mass is 16.3. The lowest BCUT2D eigenvalue weighted by Crippen LogP contribution is -2.35. The SMILES string of the molecule is O=C(NC1CCCCCCC1)c1cncc(O)c1. The number of carbonyl (C=O) groups is 1. The normalized spacial score (nSPS) is 17.8. The van der Waals surface area contributed by atoms with Crippen LogP contribution < -0.4 is 5.32 Å². The number of carbonyl (C=O) groups excluding carboxylic acids is 1. The first-order valence-electron chi connectivity index (χ1n) is 6.70. The van der Waals surface area contributed by atoms with Crippen LogP contribution in [0.5, 0.6) is 5.75 Å². The van der Waals surface area contributed by atoms with Crippen molar-refractivity contribution < 1.29 is 9.90 Å². The predicted molar refractivity (Wildman–Crippen MR) is 69.5 cm³/mol. The second kappa shape index (κ2) is 6.38. The monoisotopic (exact) mass is 248 g/mol. The summed E-state index contributed by atoms with van der Waals surface area (Å²) < 4.78 is 0. The molecule has 0 radical (unpaired) electrons. The van der Waals surface area contributed by atoms with E-state index in [0.29, 0.717) is 5.56 Å². The number of hydrogen-bond donors (Lipinski definition) is 2. The molecule has 1 aliphatic rings. The Balaban J connectivity index is 1.93. The largest absolute Gasteiger partial charge is 0.506 e. The van der Waals surface area contributed by atoms with E-state index in [1.54, 1.807) is 0 Å². The third-order valence-corrected chi connectivity index (χ3v) is 3.43. The molecule has 1 aromatic heterocycles. The van der Waals surface area contributed by atoms with Crippen molar-refractivity contribution in [3.63, 3.8) is 0 Å². The van der Waals surface area contributed by atoms with Crippen LogP contribution in [0.15, 0.2) is 18.5 Å². The van der Waals surface area contributed by atoms with Crippen molar-refractivity contribution in [3.05, 3.63) is 24.0 Å². The van der Waals surface area contributed by atoms with Crippen LogP contribution in [0.1, 0.15) is 55.3 Å². The molecule has 2 rings (SSSR count). The number of nitrogens with zero attached hydrogens (tertiary/aromatic N) is 1. The average molecular weight is 248 g/mol. The molecule has 1 aliphatic carbocycles. The summed E-state index contributed by atoms with van der Waals surface area (Å²) in [4.78, 5) is 15.8. The predicted octanol–water partition coefficient (Wildman–Crippen LogP) is 2.63. The Hall–Kier alpha value is -1.58. The van der Waals surface area contributed by atoms with Crippen molar-refractivity contribution >= 4 is 5.91 Å². The van der Waals surface area contributed by atoms with Crippen molar-refractivity contribution in [2.45, 2.75) is 51.0 Å². The van der Waals surface area contributed by atoms with E-state index in [2.05, 4.69) is 10.3 Å². The molecule has 1 heterocycles. The van der Waals surface area contributed by atoms with Crippen LogP contribution >= 0.6 is 0 Å². The third kappa shape index (κ3) is 3.72. The van der Waals surface area contributed by atoms with Gasteiger partial charge in [0, 0.05) is 12.2 Å². The van der Waals surface area contributed by atoms with Gasteiger partial charge < -0.3 is 10.4 Å². The molecule has 0 aliphatic heterocycles. The van der Waals surface area contributed by atoms with Crippen LogP contribution in [0.25, 0.3) is 0 Å². The Bertz CT molecular complexity index is 399. The Kier molecular flexibility index (Phi) is 4.56. The van der Waals surface area contributed by atoms with E-state index in [9.17, 15) is 9.90 Å². The summed E-state index contributed by atoms with van der Waals surface area (Å²) >= 11 is 0. The smallest absolute Gasteiger partial charge is 0.253 e. The molecule has 1 saturated carbocycles. The Labute approximate surface area is 107 Å². The van der Waals surface area contributed by atoms with Gasteiger partial charge >= 0.3 is 0 Å². The minimum absolute atomic E-state index is 0.0281. The average Bonchev–Trinajstić information content (AvgIpc) is 2.32. The molecule has 0 atom stereocenters. The summed E-state index contributed by atoms with van der Waals surface area (Å²) in [6.45, 7) is 0. The first kappa shape index (κ1) is 12.9. The van der Waals surface area contributed by atoms with Crippen molar-refractivity contribution in [2.24, 2.45) is 0 Å². The van der Waals surface area contributed by atoms with Gasteiger partial charge in [-0.2, -0.15) is 0 Å². The quantitative estimate of drug-likeness (QED) is 0.845. The molecule has 4 heteroatoms. The first-order valence-corrected chi connectivity index (χ1v) is 6.70. The summed E-state index contributed by atoms with van der Waals surface area (Å²) in [6, 6.07) is 1.71. The van der Waals surface area contributed by atoms with Crippen LogP contribution in [0, 0.1) is 0 Å². The fourth-order valence-corrected chi connectivity index (χ4v) is 2.42. The van der Waals surface area contributed by atoms with E-state index >= 15 is 0 Å². The number of aromatic nitrogens is 1. The standard InChI is InChI=1S/C14H20N2O2/c17-13-8-11(9-15-10-13)14(18)16-12-6-4-2-1-3-5-7-12/h8-10,12,17H,1-7H2,(H,16,18). The van der Waals surface area contributed by atoms with Gasteiger partial charge in [0.05, 0.1) is 11.8 Å². The van der Waals surface area contributed by atoms with Crippen molar-refractivity contribution in [2.75, 3.05) is 0 Å². The van der Waals surface area contributed by atoms with Gasteiger partial charge in [0.1, 0.15) is 5.75 Å². The van der Waals surface area contributed by atoms with Gasteiger partial charge in [-0.3, -0.25) is 9.78 Å². The van der Waals surface area contributed by atoms with Crippen molar-refractivity contribution in [1.82, 2.24) is 10.3 Å². The number of aromatic hydroxyl groups is 1. The molecule has 0 bridgehead atoms. The van der Waals surface area contributed by atoms with E-state index in [1.807, 2.05) is 0 Å². The van der Waals surface area contributed by atoms with E-state index in [-0.39, 0.29) is 17.7 Å². The number of nitrogens with one attached hydrogen (secondary N) is 1. The maximum absolute atomic E-state index is 12.0. The van der Waals surface area contributed by atoms with Gasteiger partial charge in [-0.1, -0.05) is 32.1 Å². The Morgan fingerprint density at radius 1 is 1.17 bits per heavy atom. The van der Waals surface area contributed by atoms with Gasteiger partial charge in [-0.15, -0.1) is 0 Å². The minimum atomic E-state index is -0.135. The fourth-order valence-electron chi connectivity index (χ4n) is 2.42. The number of amides is 1. The minimum Gasteiger partial charge on any atom is -0.506 e. The molecular weight excluding hydrogens is 228 g/mol. The zero-order chi connectivity index (χ0) is 12.8. The molecule has 1 fully saturated rings. The highest BCUT2D eigenvalue weighted by molar-refractivity contribution is 5.94. The molecule has 0 spiro atoms. The van der Waals surface area contributed by atoms with E-state index < -0.39 is 0 Å². The maximum Gasteiger partial charge on any atom is 0.253 e. The van der Waals surface area contributed by atoms with Crippen molar-refractivity contribution in [1.29, 1.82) is 0 Å². The Morgan fingerprint density at radius 3 is 2.50 bits per heavy atom. The Morgan fingerprint density at radius 2 is 1.83 bits per heavy atom. The molecule has 4 nitrogen and oxygen atoms in total. The summed E-state index contributed by atoms with van der Waals surface area (Å²) in [6.07, 6.45) is 11.1. The highest BCUT2D eigenvalue weighted by Gasteiger charge is 2.15.